The summed E-state index contributed by atoms with van der Waals surface area (Å²) in [6.45, 7) is 9.83. The first-order chi connectivity index (χ1) is 6.99. The quantitative estimate of drug-likeness (QED) is 0.622. The summed E-state index contributed by atoms with van der Waals surface area (Å²) < 4.78 is 0. The van der Waals surface area contributed by atoms with Crippen LogP contribution in [0.4, 0.5) is 0 Å². The fourth-order valence-corrected chi connectivity index (χ4v) is 1.75. The zero-order valence-electron chi connectivity index (χ0n) is 10.2. The van der Waals surface area contributed by atoms with Crippen LogP contribution in [0.3, 0.4) is 0 Å². The summed E-state index contributed by atoms with van der Waals surface area (Å²) in [5.41, 5.74) is 0. The first kappa shape index (κ1) is 14.2. The van der Waals surface area contributed by atoms with Crippen molar-refractivity contribution in [3.8, 4) is 0 Å². The van der Waals surface area contributed by atoms with E-state index in [0.717, 1.165) is 25.7 Å². The summed E-state index contributed by atoms with van der Waals surface area (Å²) in [5.74, 6) is -0.00481. The van der Waals surface area contributed by atoms with Gasteiger partial charge in [-0.1, -0.05) is 26.8 Å². The number of rotatable bonds is 8. The molecule has 0 radical (unpaired) electrons. The minimum Gasteiger partial charge on any atom is -0.481 e. The molecule has 0 saturated carbocycles. The van der Waals surface area contributed by atoms with Crippen LogP contribution in [0, 0.1) is 17.8 Å². The monoisotopic (exact) mass is 212 g/mol. The van der Waals surface area contributed by atoms with Crippen molar-refractivity contribution in [3.63, 3.8) is 0 Å². The van der Waals surface area contributed by atoms with Gasteiger partial charge in [-0.05, 0) is 37.5 Å². The standard InChI is InChI=1S/C13H24O2/c1-5-6-7-11(4)8-9-12(10(2)3)13(14)15/h5,10-12H,1,6-9H2,2-4H3,(H,14,15). The zero-order chi connectivity index (χ0) is 11.8. The lowest BCUT2D eigenvalue weighted by Gasteiger charge is -2.18. The fourth-order valence-electron chi connectivity index (χ4n) is 1.75. The molecular weight excluding hydrogens is 188 g/mol. The van der Waals surface area contributed by atoms with Gasteiger partial charge in [-0.25, -0.2) is 0 Å². The highest BCUT2D eigenvalue weighted by atomic mass is 16.4. The maximum Gasteiger partial charge on any atom is 0.306 e. The third kappa shape index (κ3) is 6.32. The Morgan fingerprint density at radius 1 is 1.27 bits per heavy atom. The molecule has 0 aliphatic heterocycles. The highest BCUT2D eigenvalue weighted by Gasteiger charge is 2.21. The Hall–Kier alpha value is -0.790. The number of carbonyl (C=O) groups is 1. The van der Waals surface area contributed by atoms with Crippen molar-refractivity contribution in [2.24, 2.45) is 17.8 Å². The van der Waals surface area contributed by atoms with Crippen LogP contribution in [0.25, 0.3) is 0 Å². The van der Waals surface area contributed by atoms with Crippen LogP contribution in [-0.2, 0) is 4.79 Å². The van der Waals surface area contributed by atoms with Crippen molar-refractivity contribution in [2.75, 3.05) is 0 Å². The molecule has 2 atom stereocenters. The SMILES string of the molecule is C=CCCC(C)CCC(C(=O)O)C(C)C. The van der Waals surface area contributed by atoms with Gasteiger partial charge in [0.1, 0.15) is 0 Å². The molecule has 0 aromatic rings. The largest absolute Gasteiger partial charge is 0.481 e. The molecule has 0 aliphatic carbocycles. The Kier molecular flexibility index (Phi) is 7.10. The average Bonchev–Trinajstić information content (AvgIpc) is 2.13. The van der Waals surface area contributed by atoms with E-state index in [1.54, 1.807) is 0 Å². The molecule has 0 spiro atoms. The lowest BCUT2D eigenvalue weighted by atomic mass is 9.87. The maximum atomic E-state index is 11.0. The molecule has 0 bridgehead atoms. The van der Waals surface area contributed by atoms with Crippen molar-refractivity contribution in [1.82, 2.24) is 0 Å². The van der Waals surface area contributed by atoms with Crippen LogP contribution in [-0.4, -0.2) is 11.1 Å². The lowest BCUT2D eigenvalue weighted by molar-refractivity contribution is -0.143. The normalized spacial score (nSPS) is 14.9. The van der Waals surface area contributed by atoms with Gasteiger partial charge < -0.3 is 5.11 Å². The van der Waals surface area contributed by atoms with Gasteiger partial charge in [-0.2, -0.15) is 0 Å². The molecule has 2 heteroatoms. The first-order valence-corrected chi connectivity index (χ1v) is 5.82. The summed E-state index contributed by atoms with van der Waals surface area (Å²) in [7, 11) is 0. The number of carboxylic acids is 1. The van der Waals surface area contributed by atoms with Crippen LogP contribution in [0.1, 0.15) is 46.5 Å². The van der Waals surface area contributed by atoms with Gasteiger partial charge in [0.25, 0.3) is 0 Å². The Balaban J connectivity index is 3.88. The Morgan fingerprint density at radius 2 is 1.87 bits per heavy atom. The van der Waals surface area contributed by atoms with E-state index in [1.165, 1.54) is 0 Å². The average molecular weight is 212 g/mol. The van der Waals surface area contributed by atoms with Crippen molar-refractivity contribution in [2.45, 2.75) is 46.5 Å². The summed E-state index contributed by atoms with van der Waals surface area (Å²) in [5, 5.41) is 9.02. The lowest BCUT2D eigenvalue weighted by Crippen LogP contribution is -2.20. The molecular formula is C13H24O2. The molecule has 0 aliphatic rings. The number of allylic oxidation sites excluding steroid dienone is 1. The van der Waals surface area contributed by atoms with Gasteiger partial charge in [0, 0.05) is 0 Å². The van der Waals surface area contributed by atoms with Crippen LogP contribution >= 0.6 is 0 Å². The van der Waals surface area contributed by atoms with Crippen molar-refractivity contribution < 1.29 is 9.90 Å². The third-order valence-electron chi connectivity index (χ3n) is 2.96. The van der Waals surface area contributed by atoms with E-state index in [-0.39, 0.29) is 11.8 Å². The predicted molar refractivity (Wildman–Crippen MR) is 63.8 cm³/mol. The van der Waals surface area contributed by atoms with Gasteiger partial charge in [0.15, 0.2) is 0 Å². The minimum absolute atomic E-state index is 0.184. The van der Waals surface area contributed by atoms with E-state index < -0.39 is 5.97 Å². The highest BCUT2D eigenvalue weighted by molar-refractivity contribution is 5.70. The maximum absolute atomic E-state index is 11.0. The van der Waals surface area contributed by atoms with Crippen molar-refractivity contribution >= 4 is 5.97 Å². The third-order valence-corrected chi connectivity index (χ3v) is 2.96. The number of aliphatic carboxylic acids is 1. The second-order valence-electron chi connectivity index (χ2n) is 4.74. The van der Waals surface area contributed by atoms with Crippen molar-refractivity contribution in [1.29, 1.82) is 0 Å². The number of hydrogen-bond acceptors (Lipinski definition) is 1. The fraction of sp³-hybridized carbons (Fsp3) is 0.769. The summed E-state index contributed by atoms with van der Waals surface area (Å²) in [6.07, 6.45) is 5.87. The minimum atomic E-state index is -0.652. The van der Waals surface area contributed by atoms with Crippen LogP contribution in [0.5, 0.6) is 0 Å². The second kappa shape index (κ2) is 7.49. The summed E-state index contributed by atoms with van der Waals surface area (Å²) >= 11 is 0. The first-order valence-electron chi connectivity index (χ1n) is 5.82. The summed E-state index contributed by atoms with van der Waals surface area (Å²) in [4.78, 5) is 11.0. The molecule has 15 heavy (non-hydrogen) atoms. The molecule has 2 unspecified atom stereocenters. The van der Waals surface area contributed by atoms with Crippen molar-refractivity contribution in [3.05, 3.63) is 12.7 Å². The van der Waals surface area contributed by atoms with Crippen LogP contribution in [0.15, 0.2) is 12.7 Å². The van der Waals surface area contributed by atoms with E-state index in [2.05, 4.69) is 13.5 Å². The predicted octanol–water partition coefficient (Wildman–Crippen LogP) is 3.73. The molecule has 2 nitrogen and oxygen atoms in total. The zero-order valence-corrected chi connectivity index (χ0v) is 10.2. The number of hydrogen-bond donors (Lipinski definition) is 1. The van der Waals surface area contributed by atoms with Crippen LogP contribution in [0.2, 0.25) is 0 Å². The smallest absolute Gasteiger partial charge is 0.306 e. The van der Waals surface area contributed by atoms with Gasteiger partial charge in [0.2, 0.25) is 0 Å². The molecule has 0 aromatic heterocycles. The molecule has 1 N–H and O–H groups in total. The Labute approximate surface area is 93.4 Å². The molecule has 0 aromatic carbocycles. The Morgan fingerprint density at radius 3 is 2.27 bits per heavy atom. The van der Waals surface area contributed by atoms with Gasteiger partial charge in [-0.3, -0.25) is 4.79 Å². The van der Waals surface area contributed by atoms with E-state index in [1.807, 2.05) is 19.9 Å². The Bertz CT molecular complexity index is 197. The molecule has 0 amide bonds. The molecule has 0 fully saturated rings. The topological polar surface area (TPSA) is 37.3 Å². The van der Waals surface area contributed by atoms with E-state index >= 15 is 0 Å². The van der Waals surface area contributed by atoms with E-state index in [0.29, 0.717) is 5.92 Å². The molecule has 0 heterocycles. The van der Waals surface area contributed by atoms with Crippen LogP contribution < -0.4 is 0 Å². The van der Waals surface area contributed by atoms with Gasteiger partial charge in [0.05, 0.1) is 5.92 Å². The van der Waals surface area contributed by atoms with E-state index in [9.17, 15) is 4.79 Å². The number of carboxylic acid groups (broad SMARTS) is 1. The summed E-state index contributed by atoms with van der Waals surface area (Å²) in [6, 6.07) is 0. The highest BCUT2D eigenvalue weighted by Crippen LogP contribution is 2.22. The van der Waals surface area contributed by atoms with Gasteiger partial charge in [-0.15, -0.1) is 6.58 Å². The molecule has 0 rings (SSSR count). The van der Waals surface area contributed by atoms with Gasteiger partial charge >= 0.3 is 5.97 Å². The second-order valence-corrected chi connectivity index (χ2v) is 4.74. The molecule has 0 saturated heterocycles. The molecule has 88 valence electrons. The van der Waals surface area contributed by atoms with E-state index in [4.69, 9.17) is 5.11 Å².